The predicted molar refractivity (Wildman–Crippen MR) is 67.7 cm³/mol. The molecule has 2 rings (SSSR count). The van der Waals surface area contributed by atoms with Gasteiger partial charge in [-0.3, -0.25) is 0 Å². The quantitative estimate of drug-likeness (QED) is 0.831. The number of rotatable bonds is 4. The summed E-state index contributed by atoms with van der Waals surface area (Å²) >= 11 is 0. The molecule has 1 aromatic rings. The van der Waals surface area contributed by atoms with Gasteiger partial charge in [-0.25, -0.2) is 4.98 Å². The number of hydrogen-bond donors (Lipinski definition) is 2. The van der Waals surface area contributed by atoms with E-state index < -0.39 is 0 Å². The van der Waals surface area contributed by atoms with Gasteiger partial charge in [0.2, 0.25) is 0 Å². The zero-order valence-corrected chi connectivity index (χ0v) is 10.9. The van der Waals surface area contributed by atoms with Crippen LogP contribution in [0.25, 0.3) is 0 Å². The number of aliphatic hydroxyl groups is 1. The third kappa shape index (κ3) is 2.87. The first-order valence-electron chi connectivity index (χ1n) is 6.48. The highest BCUT2D eigenvalue weighted by Crippen LogP contribution is 2.22. The molecule has 0 saturated carbocycles. The highest BCUT2D eigenvalue weighted by molar-refractivity contribution is 5.19. The van der Waals surface area contributed by atoms with Gasteiger partial charge in [-0.1, -0.05) is 0 Å². The molecule has 4 nitrogen and oxygen atoms in total. The molecule has 0 fully saturated rings. The molecule has 0 amide bonds. The molecule has 0 saturated heterocycles. The molecule has 3 N–H and O–H groups in total. The summed E-state index contributed by atoms with van der Waals surface area (Å²) in [6.07, 6.45) is 5.30. The van der Waals surface area contributed by atoms with Crippen LogP contribution in [0, 0.1) is 0 Å². The first kappa shape index (κ1) is 12.6. The fourth-order valence-electron chi connectivity index (χ4n) is 2.45. The van der Waals surface area contributed by atoms with Gasteiger partial charge >= 0.3 is 0 Å². The van der Waals surface area contributed by atoms with Gasteiger partial charge in [0, 0.05) is 24.2 Å². The second-order valence-corrected chi connectivity index (χ2v) is 5.68. The number of nitrogens with two attached hydrogens (primary N) is 1. The van der Waals surface area contributed by atoms with E-state index in [-0.39, 0.29) is 12.1 Å². The van der Waals surface area contributed by atoms with Gasteiger partial charge in [0.1, 0.15) is 5.82 Å². The number of imidazole rings is 1. The molecular weight excluding hydrogens is 214 g/mol. The maximum atomic E-state index is 9.33. The van der Waals surface area contributed by atoms with Gasteiger partial charge in [-0.15, -0.1) is 0 Å². The summed E-state index contributed by atoms with van der Waals surface area (Å²) in [7, 11) is 0. The molecule has 17 heavy (non-hydrogen) atoms. The third-order valence-corrected chi connectivity index (χ3v) is 3.42. The van der Waals surface area contributed by atoms with Crippen LogP contribution in [0.15, 0.2) is 0 Å². The van der Waals surface area contributed by atoms with E-state index in [0.717, 1.165) is 37.3 Å². The van der Waals surface area contributed by atoms with Gasteiger partial charge < -0.3 is 15.4 Å². The van der Waals surface area contributed by atoms with Crippen molar-refractivity contribution in [2.24, 2.45) is 5.73 Å². The molecule has 0 aliphatic carbocycles. The zero-order chi connectivity index (χ0) is 12.5. The number of nitrogens with zero attached hydrogens (tertiary/aromatic N) is 2. The lowest BCUT2D eigenvalue weighted by Crippen LogP contribution is -2.32. The smallest absolute Gasteiger partial charge is 0.109 e. The van der Waals surface area contributed by atoms with E-state index in [2.05, 4.69) is 9.55 Å². The SMILES string of the molecule is CC(C)(N)CCc1nc(CO)c2n1CCCC2. The lowest BCUT2D eigenvalue weighted by atomic mass is 10.00. The second kappa shape index (κ2) is 4.78. The van der Waals surface area contributed by atoms with Crippen LogP contribution in [0.4, 0.5) is 0 Å². The summed E-state index contributed by atoms with van der Waals surface area (Å²) in [5, 5.41) is 9.33. The molecule has 0 radical (unpaired) electrons. The van der Waals surface area contributed by atoms with Crippen LogP contribution in [-0.4, -0.2) is 20.2 Å². The van der Waals surface area contributed by atoms with Crippen molar-refractivity contribution in [1.82, 2.24) is 9.55 Å². The molecule has 1 aromatic heterocycles. The summed E-state index contributed by atoms with van der Waals surface area (Å²) in [4.78, 5) is 4.57. The Labute approximate surface area is 103 Å². The highest BCUT2D eigenvalue weighted by Gasteiger charge is 2.20. The van der Waals surface area contributed by atoms with Gasteiger partial charge in [0.15, 0.2) is 0 Å². The lowest BCUT2D eigenvalue weighted by molar-refractivity contribution is 0.275. The maximum Gasteiger partial charge on any atom is 0.109 e. The minimum Gasteiger partial charge on any atom is -0.390 e. The largest absolute Gasteiger partial charge is 0.390 e. The van der Waals surface area contributed by atoms with Crippen molar-refractivity contribution in [3.8, 4) is 0 Å². The number of fused-ring (bicyclic) bond motifs is 1. The summed E-state index contributed by atoms with van der Waals surface area (Å²) in [5.74, 6) is 1.10. The minimum atomic E-state index is -0.152. The lowest BCUT2D eigenvalue weighted by Gasteiger charge is -2.20. The first-order valence-corrected chi connectivity index (χ1v) is 6.48. The Morgan fingerprint density at radius 1 is 1.41 bits per heavy atom. The Morgan fingerprint density at radius 3 is 2.82 bits per heavy atom. The molecule has 1 aliphatic heterocycles. The van der Waals surface area contributed by atoms with E-state index in [1.165, 1.54) is 18.5 Å². The third-order valence-electron chi connectivity index (χ3n) is 3.42. The Balaban J connectivity index is 2.19. The standard InChI is InChI=1S/C13H23N3O/c1-13(2,14)7-6-12-15-10(9-17)11-5-3-4-8-16(11)12/h17H,3-9,14H2,1-2H3. The van der Waals surface area contributed by atoms with Crippen molar-refractivity contribution in [1.29, 1.82) is 0 Å². The molecule has 0 bridgehead atoms. The molecule has 4 heteroatoms. The van der Waals surface area contributed by atoms with E-state index in [1.807, 2.05) is 13.8 Å². The van der Waals surface area contributed by atoms with E-state index in [9.17, 15) is 5.11 Å². The van der Waals surface area contributed by atoms with Crippen LogP contribution >= 0.6 is 0 Å². The number of aromatic nitrogens is 2. The van der Waals surface area contributed by atoms with Crippen molar-refractivity contribution in [2.45, 2.75) is 64.6 Å². The van der Waals surface area contributed by atoms with Gasteiger partial charge in [0.25, 0.3) is 0 Å². The number of hydrogen-bond acceptors (Lipinski definition) is 3. The van der Waals surface area contributed by atoms with Crippen LogP contribution in [-0.2, 0) is 26.0 Å². The van der Waals surface area contributed by atoms with Crippen molar-refractivity contribution in [3.63, 3.8) is 0 Å². The molecule has 0 unspecified atom stereocenters. The van der Waals surface area contributed by atoms with E-state index in [0.29, 0.717) is 0 Å². The summed E-state index contributed by atoms with van der Waals surface area (Å²) in [6, 6.07) is 0. The summed E-state index contributed by atoms with van der Waals surface area (Å²) < 4.78 is 2.29. The minimum absolute atomic E-state index is 0.0569. The van der Waals surface area contributed by atoms with Crippen LogP contribution < -0.4 is 5.73 Å². The molecule has 96 valence electrons. The highest BCUT2D eigenvalue weighted by atomic mass is 16.3. The van der Waals surface area contributed by atoms with Gasteiger partial charge in [-0.2, -0.15) is 0 Å². The van der Waals surface area contributed by atoms with E-state index >= 15 is 0 Å². The van der Waals surface area contributed by atoms with Crippen molar-refractivity contribution < 1.29 is 5.11 Å². The van der Waals surface area contributed by atoms with Gasteiger partial charge in [0.05, 0.1) is 12.3 Å². The normalized spacial score (nSPS) is 16.0. The van der Waals surface area contributed by atoms with E-state index in [1.54, 1.807) is 0 Å². The van der Waals surface area contributed by atoms with E-state index in [4.69, 9.17) is 5.73 Å². The second-order valence-electron chi connectivity index (χ2n) is 5.68. The maximum absolute atomic E-state index is 9.33. The summed E-state index contributed by atoms with van der Waals surface area (Å²) in [6.45, 7) is 5.18. The Hall–Kier alpha value is -0.870. The van der Waals surface area contributed by atoms with Crippen molar-refractivity contribution in [3.05, 3.63) is 17.2 Å². The summed E-state index contributed by atoms with van der Waals surface area (Å²) in [5.41, 5.74) is 7.97. The van der Waals surface area contributed by atoms with Gasteiger partial charge in [-0.05, 0) is 39.5 Å². The van der Waals surface area contributed by atoms with Crippen LogP contribution in [0.2, 0.25) is 0 Å². The van der Waals surface area contributed by atoms with Crippen molar-refractivity contribution in [2.75, 3.05) is 0 Å². The molecular formula is C13H23N3O. The zero-order valence-electron chi connectivity index (χ0n) is 10.9. The Morgan fingerprint density at radius 2 is 2.18 bits per heavy atom. The predicted octanol–water partition coefficient (Wildman–Crippen LogP) is 1.38. The molecule has 0 aromatic carbocycles. The van der Waals surface area contributed by atoms with Crippen LogP contribution in [0.3, 0.4) is 0 Å². The fraction of sp³-hybridized carbons (Fsp3) is 0.769. The Kier molecular flexibility index (Phi) is 3.54. The van der Waals surface area contributed by atoms with Crippen molar-refractivity contribution >= 4 is 0 Å². The number of aliphatic hydroxyl groups excluding tert-OH is 1. The van der Waals surface area contributed by atoms with Crippen LogP contribution in [0.1, 0.15) is 50.3 Å². The fourth-order valence-corrected chi connectivity index (χ4v) is 2.45. The molecule has 1 aliphatic rings. The number of aryl methyl sites for hydroxylation is 1. The Bertz CT molecular complexity index is 390. The molecule has 0 atom stereocenters. The molecule has 0 spiro atoms. The monoisotopic (exact) mass is 237 g/mol. The average Bonchev–Trinajstić information content (AvgIpc) is 2.64. The average molecular weight is 237 g/mol. The first-order chi connectivity index (χ1) is 8.01. The topological polar surface area (TPSA) is 64.1 Å². The van der Waals surface area contributed by atoms with Crippen LogP contribution in [0.5, 0.6) is 0 Å². The molecule has 2 heterocycles.